The maximum atomic E-state index is 12.8. The average molecular weight is 465 g/mol. The minimum Gasteiger partial charge on any atom is -0.481 e. The first-order valence-electron chi connectivity index (χ1n) is 12.1. The van der Waals surface area contributed by atoms with Crippen LogP contribution in [-0.4, -0.2) is 42.3 Å². The van der Waals surface area contributed by atoms with Crippen molar-refractivity contribution < 1.29 is 24.2 Å². The van der Waals surface area contributed by atoms with Crippen molar-refractivity contribution in [2.45, 2.75) is 57.4 Å². The van der Waals surface area contributed by atoms with Gasteiger partial charge in [-0.3, -0.25) is 9.59 Å². The number of carbonyl (C=O) groups is 3. The van der Waals surface area contributed by atoms with E-state index >= 15 is 0 Å². The van der Waals surface area contributed by atoms with Crippen LogP contribution in [0.2, 0.25) is 0 Å². The highest BCUT2D eigenvalue weighted by Gasteiger charge is 2.44. The maximum Gasteiger partial charge on any atom is 0.407 e. The minimum atomic E-state index is -0.881. The number of hydrogen-bond donors (Lipinski definition) is 3. The Morgan fingerprint density at radius 2 is 1.68 bits per heavy atom. The number of carboxylic acid groups (broad SMARTS) is 1. The number of benzene rings is 2. The van der Waals surface area contributed by atoms with E-state index in [9.17, 15) is 19.5 Å². The van der Waals surface area contributed by atoms with E-state index < -0.39 is 23.5 Å². The monoisotopic (exact) mass is 464 g/mol. The van der Waals surface area contributed by atoms with E-state index in [0.717, 1.165) is 41.5 Å². The van der Waals surface area contributed by atoms with Crippen LogP contribution in [0, 0.1) is 5.41 Å². The predicted octanol–water partition coefficient (Wildman–Crippen LogP) is 4.46. The van der Waals surface area contributed by atoms with Crippen molar-refractivity contribution >= 4 is 18.0 Å². The average Bonchev–Trinajstić information content (AvgIpc) is 3.13. The highest BCUT2D eigenvalue weighted by atomic mass is 16.5. The van der Waals surface area contributed by atoms with Crippen LogP contribution in [0.25, 0.3) is 11.1 Å². The lowest BCUT2D eigenvalue weighted by atomic mass is 9.69. The van der Waals surface area contributed by atoms with Crippen LogP contribution < -0.4 is 10.6 Å². The molecule has 7 nitrogen and oxygen atoms in total. The zero-order valence-electron chi connectivity index (χ0n) is 19.5. The smallest absolute Gasteiger partial charge is 0.407 e. The van der Waals surface area contributed by atoms with Crippen LogP contribution in [0.1, 0.15) is 62.5 Å². The van der Waals surface area contributed by atoms with E-state index in [4.69, 9.17) is 4.74 Å². The van der Waals surface area contributed by atoms with Crippen LogP contribution in [0.15, 0.2) is 48.5 Å². The SMILES string of the molecule is CCCCC(NC(=O)OCC1c2ccccc2-c2ccccc21)C(=O)NCC1(C(=O)O)CCC1. The second-order valence-electron chi connectivity index (χ2n) is 9.32. The van der Waals surface area contributed by atoms with Gasteiger partial charge in [0.2, 0.25) is 5.91 Å². The zero-order chi connectivity index (χ0) is 24.1. The van der Waals surface area contributed by atoms with Gasteiger partial charge in [0.1, 0.15) is 12.6 Å². The second kappa shape index (κ2) is 10.3. The summed E-state index contributed by atoms with van der Waals surface area (Å²) in [6.45, 7) is 2.26. The third-order valence-corrected chi connectivity index (χ3v) is 7.16. The van der Waals surface area contributed by atoms with E-state index in [1.807, 2.05) is 31.2 Å². The summed E-state index contributed by atoms with van der Waals surface area (Å²) >= 11 is 0. The Morgan fingerprint density at radius 1 is 1.06 bits per heavy atom. The molecular weight excluding hydrogens is 432 g/mol. The van der Waals surface area contributed by atoms with Gasteiger partial charge in [0, 0.05) is 12.5 Å². The zero-order valence-corrected chi connectivity index (χ0v) is 19.5. The van der Waals surface area contributed by atoms with Crippen molar-refractivity contribution in [2.75, 3.05) is 13.2 Å². The summed E-state index contributed by atoms with van der Waals surface area (Å²) in [7, 11) is 0. The molecule has 1 atom stereocenters. The van der Waals surface area contributed by atoms with Gasteiger partial charge in [-0.05, 0) is 41.5 Å². The standard InChI is InChI=1S/C27H32N2O5/c1-2-3-13-23(24(30)28-17-27(25(31)32)14-8-15-27)29-26(33)34-16-22-20-11-6-4-9-18(20)19-10-5-7-12-21(19)22/h4-7,9-12,22-23H,2-3,8,13-17H2,1H3,(H,28,30)(H,29,33)(H,31,32). The molecule has 180 valence electrons. The Bertz CT molecular complexity index is 1020. The first-order chi connectivity index (χ1) is 16.4. The molecule has 0 spiro atoms. The normalized spacial score (nSPS) is 16.5. The molecule has 2 aliphatic carbocycles. The number of nitrogens with one attached hydrogen (secondary N) is 2. The van der Waals surface area contributed by atoms with Crippen molar-refractivity contribution in [1.29, 1.82) is 0 Å². The molecule has 1 unspecified atom stereocenters. The quantitative estimate of drug-likeness (QED) is 0.482. The summed E-state index contributed by atoms with van der Waals surface area (Å²) in [6.07, 6.45) is 3.41. The highest BCUT2D eigenvalue weighted by molar-refractivity contribution is 5.86. The molecule has 3 N–H and O–H groups in total. The summed E-state index contributed by atoms with van der Waals surface area (Å²) < 4.78 is 5.59. The number of rotatable bonds is 10. The fraction of sp³-hybridized carbons (Fsp3) is 0.444. The lowest BCUT2D eigenvalue weighted by Crippen LogP contribution is -2.52. The van der Waals surface area contributed by atoms with Crippen molar-refractivity contribution in [3.63, 3.8) is 0 Å². The Hall–Kier alpha value is -3.35. The molecule has 0 aromatic heterocycles. The number of alkyl carbamates (subject to hydrolysis) is 1. The highest BCUT2D eigenvalue weighted by Crippen LogP contribution is 2.44. The van der Waals surface area contributed by atoms with Crippen molar-refractivity contribution in [1.82, 2.24) is 10.6 Å². The number of carboxylic acids is 1. The van der Waals surface area contributed by atoms with E-state index in [1.54, 1.807) is 0 Å². The van der Waals surface area contributed by atoms with Gasteiger partial charge in [-0.15, -0.1) is 0 Å². The molecule has 0 radical (unpaired) electrons. The van der Waals surface area contributed by atoms with Gasteiger partial charge in [0.05, 0.1) is 5.41 Å². The minimum absolute atomic E-state index is 0.0601. The summed E-state index contributed by atoms with van der Waals surface area (Å²) in [5, 5.41) is 15.0. The van der Waals surface area contributed by atoms with E-state index in [0.29, 0.717) is 19.3 Å². The summed E-state index contributed by atoms with van der Waals surface area (Å²) in [5.41, 5.74) is 3.66. The second-order valence-corrected chi connectivity index (χ2v) is 9.32. The number of fused-ring (bicyclic) bond motifs is 3. The third-order valence-electron chi connectivity index (χ3n) is 7.16. The number of amides is 2. The summed E-state index contributed by atoms with van der Waals surface area (Å²) in [6, 6.07) is 15.5. The Balaban J connectivity index is 1.37. The molecule has 2 aromatic carbocycles. The number of aliphatic carboxylic acids is 1. The number of ether oxygens (including phenoxy) is 1. The molecule has 1 saturated carbocycles. The largest absolute Gasteiger partial charge is 0.481 e. The number of unbranched alkanes of at least 4 members (excludes halogenated alkanes) is 1. The van der Waals surface area contributed by atoms with Gasteiger partial charge in [-0.25, -0.2) is 4.79 Å². The lowest BCUT2D eigenvalue weighted by molar-refractivity contribution is -0.154. The molecule has 2 aromatic rings. The van der Waals surface area contributed by atoms with Gasteiger partial charge in [-0.1, -0.05) is 74.7 Å². The molecular formula is C27H32N2O5. The van der Waals surface area contributed by atoms with Crippen molar-refractivity contribution in [3.05, 3.63) is 59.7 Å². The molecule has 1 fully saturated rings. The van der Waals surface area contributed by atoms with Crippen molar-refractivity contribution in [2.24, 2.45) is 5.41 Å². The van der Waals surface area contributed by atoms with Crippen LogP contribution in [-0.2, 0) is 14.3 Å². The predicted molar refractivity (Wildman–Crippen MR) is 128 cm³/mol. The van der Waals surface area contributed by atoms with Crippen molar-refractivity contribution in [3.8, 4) is 11.1 Å². The van der Waals surface area contributed by atoms with Gasteiger partial charge < -0.3 is 20.5 Å². The first-order valence-corrected chi connectivity index (χ1v) is 12.1. The van der Waals surface area contributed by atoms with Gasteiger partial charge >= 0.3 is 12.1 Å². The van der Waals surface area contributed by atoms with Crippen LogP contribution >= 0.6 is 0 Å². The van der Waals surface area contributed by atoms with Crippen LogP contribution in [0.4, 0.5) is 4.79 Å². The molecule has 4 rings (SSSR count). The Kier molecular flexibility index (Phi) is 7.20. The number of hydrogen-bond acceptors (Lipinski definition) is 4. The summed E-state index contributed by atoms with van der Waals surface area (Å²) in [5.74, 6) is -1.31. The third kappa shape index (κ3) is 4.79. The molecule has 7 heteroatoms. The summed E-state index contributed by atoms with van der Waals surface area (Å²) in [4.78, 5) is 37.1. The van der Waals surface area contributed by atoms with E-state index in [1.165, 1.54) is 0 Å². The topological polar surface area (TPSA) is 105 Å². The fourth-order valence-corrected chi connectivity index (χ4v) is 4.91. The molecule has 0 saturated heterocycles. The maximum absolute atomic E-state index is 12.8. The lowest BCUT2D eigenvalue weighted by Gasteiger charge is -2.37. The van der Waals surface area contributed by atoms with Crippen LogP contribution in [0.3, 0.4) is 0 Å². The molecule has 0 aliphatic heterocycles. The molecule has 0 bridgehead atoms. The molecule has 0 heterocycles. The number of carbonyl (C=O) groups excluding carboxylic acids is 2. The first kappa shape index (κ1) is 23.8. The van der Waals surface area contributed by atoms with Gasteiger partial charge in [-0.2, -0.15) is 0 Å². The molecule has 2 aliphatic rings. The van der Waals surface area contributed by atoms with Crippen LogP contribution in [0.5, 0.6) is 0 Å². The van der Waals surface area contributed by atoms with Gasteiger partial charge in [0.15, 0.2) is 0 Å². The van der Waals surface area contributed by atoms with E-state index in [2.05, 4.69) is 34.9 Å². The fourth-order valence-electron chi connectivity index (χ4n) is 4.91. The Morgan fingerprint density at radius 3 is 2.21 bits per heavy atom. The molecule has 34 heavy (non-hydrogen) atoms. The van der Waals surface area contributed by atoms with E-state index in [-0.39, 0.29) is 25.0 Å². The Labute approximate surface area is 199 Å². The van der Waals surface area contributed by atoms with Gasteiger partial charge in [0.25, 0.3) is 0 Å². The molecule has 2 amide bonds.